The van der Waals surface area contributed by atoms with Crippen LogP contribution in [0.4, 0.5) is 4.39 Å². The van der Waals surface area contributed by atoms with Crippen molar-refractivity contribution in [3.05, 3.63) is 57.8 Å². The number of hydrazone groups is 1. The standard InChI is InChI=1S/C16H14BrFN2O3/c1-2-23-14-8-10(7-12(17)15(14)21)9-19-20-16(22)11-5-3-4-6-13(11)18/h3-9,21H,2H2,1H3,(H,20,22)/b19-9+. The molecule has 0 aliphatic carbocycles. The topological polar surface area (TPSA) is 70.9 Å². The highest BCUT2D eigenvalue weighted by Crippen LogP contribution is 2.34. The summed E-state index contributed by atoms with van der Waals surface area (Å²) in [6.07, 6.45) is 1.37. The lowest BCUT2D eigenvalue weighted by Crippen LogP contribution is -2.18. The van der Waals surface area contributed by atoms with Gasteiger partial charge in [-0.25, -0.2) is 9.82 Å². The molecule has 1 amide bonds. The normalized spacial score (nSPS) is 10.7. The van der Waals surface area contributed by atoms with Crippen LogP contribution < -0.4 is 10.2 Å². The minimum absolute atomic E-state index is 0.0145. The van der Waals surface area contributed by atoms with E-state index < -0.39 is 11.7 Å². The maximum absolute atomic E-state index is 13.5. The molecule has 0 aliphatic rings. The first kappa shape index (κ1) is 17.0. The zero-order valence-corrected chi connectivity index (χ0v) is 13.8. The summed E-state index contributed by atoms with van der Waals surface area (Å²) in [4.78, 5) is 11.8. The average Bonchev–Trinajstić information content (AvgIpc) is 2.52. The highest BCUT2D eigenvalue weighted by Gasteiger charge is 2.10. The second kappa shape index (κ2) is 7.73. The number of phenols is 1. The van der Waals surface area contributed by atoms with Crippen molar-refractivity contribution in [1.82, 2.24) is 5.43 Å². The molecule has 0 bridgehead atoms. The van der Waals surface area contributed by atoms with Gasteiger partial charge in [0.1, 0.15) is 5.82 Å². The van der Waals surface area contributed by atoms with Crippen molar-refractivity contribution < 1.29 is 19.0 Å². The number of amides is 1. The summed E-state index contributed by atoms with van der Waals surface area (Å²) in [6.45, 7) is 2.19. The third kappa shape index (κ3) is 4.29. The quantitative estimate of drug-likeness (QED) is 0.616. The molecule has 2 aromatic rings. The molecule has 0 unspecified atom stereocenters. The molecule has 0 radical (unpaired) electrons. The van der Waals surface area contributed by atoms with Crippen LogP contribution >= 0.6 is 15.9 Å². The fourth-order valence-electron chi connectivity index (χ4n) is 1.80. The number of benzene rings is 2. The number of carbonyl (C=O) groups excluding carboxylic acids is 1. The second-order valence-electron chi connectivity index (χ2n) is 4.46. The highest BCUT2D eigenvalue weighted by molar-refractivity contribution is 9.10. The Hall–Kier alpha value is -2.41. The van der Waals surface area contributed by atoms with E-state index in [9.17, 15) is 14.3 Å². The largest absolute Gasteiger partial charge is 0.503 e. The SMILES string of the molecule is CCOc1cc(/C=N/NC(=O)c2ccccc2F)cc(Br)c1O. The number of hydrogen-bond donors (Lipinski definition) is 2. The fourth-order valence-corrected chi connectivity index (χ4v) is 2.26. The van der Waals surface area contributed by atoms with Crippen LogP contribution in [0.3, 0.4) is 0 Å². The Morgan fingerprint density at radius 2 is 2.17 bits per heavy atom. The van der Waals surface area contributed by atoms with Gasteiger partial charge in [0.2, 0.25) is 0 Å². The summed E-state index contributed by atoms with van der Waals surface area (Å²) >= 11 is 3.21. The van der Waals surface area contributed by atoms with Crippen molar-refractivity contribution in [3.8, 4) is 11.5 Å². The minimum Gasteiger partial charge on any atom is -0.503 e. The number of nitrogens with one attached hydrogen (secondary N) is 1. The number of nitrogens with zero attached hydrogens (tertiary/aromatic N) is 1. The van der Waals surface area contributed by atoms with Crippen molar-refractivity contribution in [2.75, 3.05) is 6.61 Å². The summed E-state index contributed by atoms with van der Waals surface area (Å²) < 4.78 is 19.2. The van der Waals surface area contributed by atoms with Gasteiger partial charge in [-0.3, -0.25) is 4.79 Å². The van der Waals surface area contributed by atoms with Crippen molar-refractivity contribution in [2.45, 2.75) is 6.92 Å². The molecule has 5 nitrogen and oxygen atoms in total. The lowest BCUT2D eigenvalue weighted by atomic mass is 10.2. The van der Waals surface area contributed by atoms with E-state index >= 15 is 0 Å². The van der Waals surface area contributed by atoms with Gasteiger partial charge in [-0.15, -0.1) is 0 Å². The van der Waals surface area contributed by atoms with Crippen molar-refractivity contribution >= 4 is 28.1 Å². The number of phenolic OH excluding ortho intramolecular Hbond substituents is 1. The van der Waals surface area contributed by atoms with E-state index in [2.05, 4.69) is 26.5 Å². The summed E-state index contributed by atoms with van der Waals surface area (Å²) in [5, 5.41) is 13.6. The van der Waals surface area contributed by atoms with Crippen molar-refractivity contribution in [3.63, 3.8) is 0 Å². The van der Waals surface area contributed by atoms with Gasteiger partial charge in [-0.1, -0.05) is 12.1 Å². The van der Waals surface area contributed by atoms with Crippen LogP contribution in [0.25, 0.3) is 0 Å². The van der Waals surface area contributed by atoms with Crippen LogP contribution in [0.15, 0.2) is 46.0 Å². The monoisotopic (exact) mass is 380 g/mol. The third-order valence-corrected chi connectivity index (χ3v) is 3.45. The number of ether oxygens (including phenoxy) is 1. The van der Waals surface area contributed by atoms with Crippen LogP contribution in [-0.2, 0) is 0 Å². The molecular weight excluding hydrogens is 367 g/mol. The molecule has 2 aromatic carbocycles. The summed E-state index contributed by atoms with van der Waals surface area (Å²) in [7, 11) is 0. The van der Waals surface area contributed by atoms with E-state index in [1.54, 1.807) is 25.1 Å². The maximum atomic E-state index is 13.5. The van der Waals surface area contributed by atoms with Crippen molar-refractivity contribution in [2.24, 2.45) is 5.10 Å². The third-order valence-electron chi connectivity index (χ3n) is 2.85. The first-order chi connectivity index (χ1) is 11.0. The van der Waals surface area contributed by atoms with Gasteiger partial charge in [-0.05, 0) is 52.7 Å². The minimum atomic E-state index is -0.651. The smallest absolute Gasteiger partial charge is 0.274 e. The predicted octanol–water partition coefficient (Wildman–Crippen LogP) is 3.46. The zero-order valence-electron chi connectivity index (χ0n) is 12.2. The number of halogens is 2. The van der Waals surface area contributed by atoms with E-state index in [-0.39, 0.29) is 11.3 Å². The maximum Gasteiger partial charge on any atom is 0.274 e. The fraction of sp³-hybridized carbons (Fsp3) is 0.125. The Labute approximate surface area is 140 Å². The molecule has 0 atom stereocenters. The molecule has 0 spiro atoms. The van der Waals surface area contributed by atoms with Crippen LogP contribution in [0.5, 0.6) is 11.5 Å². The van der Waals surface area contributed by atoms with E-state index in [1.165, 1.54) is 24.4 Å². The van der Waals surface area contributed by atoms with Crippen LogP contribution in [0, 0.1) is 5.82 Å². The summed E-state index contributed by atoms with van der Waals surface area (Å²) in [5.74, 6) is -0.989. The Kier molecular flexibility index (Phi) is 5.70. The molecule has 2 rings (SSSR count). The summed E-state index contributed by atoms with van der Waals surface area (Å²) in [5.41, 5.74) is 2.74. The second-order valence-corrected chi connectivity index (χ2v) is 5.32. The zero-order chi connectivity index (χ0) is 16.8. The van der Waals surface area contributed by atoms with Crippen LogP contribution in [-0.4, -0.2) is 23.8 Å². The van der Waals surface area contributed by atoms with Gasteiger partial charge >= 0.3 is 0 Å². The molecular formula is C16H14BrFN2O3. The van der Waals surface area contributed by atoms with Gasteiger partial charge in [0, 0.05) is 0 Å². The van der Waals surface area contributed by atoms with E-state index in [0.29, 0.717) is 22.4 Å². The Morgan fingerprint density at radius 1 is 1.43 bits per heavy atom. The van der Waals surface area contributed by atoms with Gasteiger partial charge in [0.25, 0.3) is 5.91 Å². The number of hydrogen-bond acceptors (Lipinski definition) is 4. The summed E-state index contributed by atoms with van der Waals surface area (Å²) in [6, 6.07) is 8.80. The molecule has 7 heteroatoms. The van der Waals surface area contributed by atoms with Gasteiger partial charge in [0.15, 0.2) is 11.5 Å². The Bertz CT molecular complexity index is 750. The lowest BCUT2D eigenvalue weighted by molar-refractivity contribution is 0.0951. The molecule has 23 heavy (non-hydrogen) atoms. The van der Waals surface area contributed by atoms with Crippen LogP contribution in [0.1, 0.15) is 22.8 Å². The first-order valence-electron chi connectivity index (χ1n) is 6.76. The van der Waals surface area contributed by atoms with E-state index in [1.807, 2.05) is 0 Å². The molecule has 0 saturated carbocycles. The molecule has 0 fully saturated rings. The number of rotatable bonds is 5. The number of carbonyl (C=O) groups is 1. The van der Waals surface area contributed by atoms with E-state index in [0.717, 1.165) is 0 Å². The number of aromatic hydroxyl groups is 1. The van der Waals surface area contributed by atoms with Crippen molar-refractivity contribution in [1.29, 1.82) is 0 Å². The van der Waals surface area contributed by atoms with Gasteiger partial charge < -0.3 is 9.84 Å². The molecule has 0 aliphatic heterocycles. The van der Waals surface area contributed by atoms with Gasteiger partial charge in [-0.2, -0.15) is 5.10 Å². The molecule has 2 N–H and O–H groups in total. The first-order valence-corrected chi connectivity index (χ1v) is 7.55. The van der Waals surface area contributed by atoms with E-state index in [4.69, 9.17) is 4.74 Å². The Morgan fingerprint density at radius 3 is 2.87 bits per heavy atom. The molecule has 0 heterocycles. The van der Waals surface area contributed by atoms with Crippen LogP contribution in [0.2, 0.25) is 0 Å². The molecule has 120 valence electrons. The predicted molar refractivity (Wildman–Crippen MR) is 88.4 cm³/mol. The van der Waals surface area contributed by atoms with Gasteiger partial charge in [0.05, 0.1) is 22.9 Å². The average molecular weight is 381 g/mol. The lowest BCUT2D eigenvalue weighted by Gasteiger charge is -2.08. The highest BCUT2D eigenvalue weighted by atomic mass is 79.9. The Balaban J connectivity index is 2.12. The molecule has 0 saturated heterocycles. The molecule has 0 aromatic heterocycles.